The maximum absolute atomic E-state index is 11.7. The number of amides is 1. The van der Waals surface area contributed by atoms with Crippen molar-refractivity contribution in [2.75, 3.05) is 18.8 Å². The van der Waals surface area contributed by atoms with E-state index in [1.165, 1.54) is 0 Å². The van der Waals surface area contributed by atoms with Crippen LogP contribution < -0.4 is 15.8 Å². The van der Waals surface area contributed by atoms with Crippen LogP contribution in [0.3, 0.4) is 0 Å². The Morgan fingerprint density at radius 3 is 2.35 bits per heavy atom. The summed E-state index contributed by atoms with van der Waals surface area (Å²) in [5.74, 6) is -0.545. The molecule has 17 heavy (non-hydrogen) atoms. The van der Waals surface area contributed by atoms with Crippen LogP contribution in [0, 0.1) is 5.41 Å². The molecule has 0 aliphatic carbocycles. The molecule has 0 atom stereocenters. The largest absolute Gasteiger partial charge is 0.392 e. The topological polar surface area (TPSA) is 101 Å². The van der Waals surface area contributed by atoms with E-state index in [4.69, 9.17) is 18.0 Å². The molecule has 0 aromatic rings. The van der Waals surface area contributed by atoms with Gasteiger partial charge in [0.25, 0.3) is 0 Å². The zero-order valence-corrected chi connectivity index (χ0v) is 11.9. The highest BCUT2D eigenvalue weighted by molar-refractivity contribution is 7.89. The van der Waals surface area contributed by atoms with E-state index in [1.807, 2.05) is 0 Å². The third-order valence-corrected chi connectivity index (χ3v) is 4.18. The highest BCUT2D eigenvalue weighted by Gasteiger charge is 2.30. The van der Waals surface area contributed by atoms with Crippen LogP contribution in [0.4, 0.5) is 0 Å². The molecule has 8 heteroatoms. The number of hydrogen-bond acceptors (Lipinski definition) is 4. The summed E-state index contributed by atoms with van der Waals surface area (Å²) in [6.45, 7) is 5.22. The number of hydrogen-bond donors (Lipinski definition) is 3. The second-order valence-electron chi connectivity index (χ2n) is 4.06. The maximum atomic E-state index is 11.7. The van der Waals surface area contributed by atoms with E-state index in [0.29, 0.717) is 6.54 Å². The molecule has 0 saturated heterocycles. The Balaban J connectivity index is 4.24. The van der Waals surface area contributed by atoms with E-state index in [9.17, 15) is 13.2 Å². The molecule has 100 valence electrons. The van der Waals surface area contributed by atoms with Gasteiger partial charge in [-0.2, -0.15) is 0 Å². The van der Waals surface area contributed by atoms with E-state index < -0.39 is 15.4 Å². The average Bonchev–Trinajstić information content (AvgIpc) is 2.16. The summed E-state index contributed by atoms with van der Waals surface area (Å²) >= 11 is 4.76. The number of carbonyl (C=O) groups is 1. The minimum Gasteiger partial charge on any atom is -0.392 e. The van der Waals surface area contributed by atoms with Crippen molar-refractivity contribution in [2.24, 2.45) is 11.1 Å². The third kappa shape index (κ3) is 5.42. The van der Waals surface area contributed by atoms with Crippen molar-refractivity contribution >= 4 is 33.1 Å². The first kappa shape index (κ1) is 16.3. The zero-order valence-electron chi connectivity index (χ0n) is 10.2. The van der Waals surface area contributed by atoms with E-state index >= 15 is 0 Å². The lowest BCUT2D eigenvalue weighted by molar-refractivity contribution is -0.126. The van der Waals surface area contributed by atoms with Crippen LogP contribution >= 0.6 is 12.2 Å². The molecular weight excluding hydrogens is 262 g/mol. The first-order valence-electron chi connectivity index (χ1n) is 5.19. The number of thiocarbonyl (C=S) groups is 1. The molecule has 0 aliphatic rings. The van der Waals surface area contributed by atoms with Gasteiger partial charge in [0.15, 0.2) is 0 Å². The van der Waals surface area contributed by atoms with Crippen LogP contribution in [-0.2, 0) is 14.8 Å². The molecule has 0 heterocycles. The van der Waals surface area contributed by atoms with E-state index in [-0.39, 0.29) is 23.2 Å². The van der Waals surface area contributed by atoms with Crippen molar-refractivity contribution in [1.82, 2.24) is 10.0 Å². The minimum atomic E-state index is -3.32. The summed E-state index contributed by atoms with van der Waals surface area (Å²) in [6, 6.07) is 0. The van der Waals surface area contributed by atoms with Crippen molar-refractivity contribution in [3.63, 3.8) is 0 Å². The van der Waals surface area contributed by atoms with Crippen molar-refractivity contribution in [3.05, 3.63) is 0 Å². The highest BCUT2D eigenvalue weighted by atomic mass is 32.2. The summed E-state index contributed by atoms with van der Waals surface area (Å²) in [6.07, 6.45) is 0. The van der Waals surface area contributed by atoms with Gasteiger partial charge in [-0.25, -0.2) is 13.1 Å². The summed E-state index contributed by atoms with van der Waals surface area (Å²) in [5, 5.41) is 2.49. The zero-order chi connectivity index (χ0) is 13.7. The van der Waals surface area contributed by atoms with Crippen LogP contribution in [0.1, 0.15) is 20.8 Å². The number of nitrogens with two attached hydrogens (primary N) is 1. The molecule has 6 nitrogen and oxygen atoms in total. The molecule has 0 aliphatic heterocycles. The minimum absolute atomic E-state index is 0.0280. The van der Waals surface area contributed by atoms with Crippen molar-refractivity contribution in [2.45, 2.75) is 20.8 Å². The monoisotopic (exact) mass is 281 g/mol. The SMILES string of the molecule is CCNS(=O)(=O)CCNC(=O)C(C)(C)C(N)=S. The summed E-state index contributed by atoms with van der Waals surface area (Å²) < 4.78 is 24.9. The van der Waals surface area contributed by atoms with Gasteiger partial charge in [0.05, 0.1) is 16.2 Å². The predicted octanol–water partition coefficient (Wildman–Crippen LogP) is -0.646. The Bertz CT molecular complexity index is 390. The Morgan fingerprint density at radius 1 is 1.41 bits per heavy atom. The van der Waals surface area contributed by atoms with Gasteiger partial charge >= 0.3 is 0 Å². The van der Waals surface area contributed by atoms with Gasteiger partial charge in [-0.05, 0) is 13.8 Å². The lowest BCUT2D eigenvalue weighted by atomic mass is 9.92. The van der Waals surface area contributed by atoms with Gasteiger partial charge in [-0.3, -0.25) is 4.79 Å². The average molecular weight is 281 g/mol. The van der Waals surface area contributed by atoms with Crippen molar-refractivity contribution in [1.29, 1.82) is 0 Å². The van der Waals surface area contributed by atoms with Crippen LogP contribution in [-0.4, -0.2) is 38.2 Å². The number of sulfonamides is 1. The smallest absolute Gasteiger partial charge is 0.232 e. The molecule has 0 saturated carbocycles. The summed E-state index contributed by atoms with van der Waals surface area (Å²) in [4.78, 5) is 11.7. The second-order valence-corrected chi connectivity index (χ2v) is 6.43. The predicted molar refractivity (Wildman–Crippen MR) is 71.0 cm³/mol. The van der Waals surface area contributed by atoms with E-state index in [2.05, 4.69) is 10.0 Å². The maximum Gasteiger partial charge on any atom is 0.232 e. The number of carbonyl (C=O) groups excluding carboxylic acids is 1. The molecule has 0 aromatic carbocycles. The second kappa shape index (κ2) is 6.27. The number of nitrogens with one attached hydrogen (secondary N) is 2. The Hall–Kier alpha value is -0.730. The first-order chi connectivity index (χ1) is 7.63. The van der Waals surface area contributed by atoms with Crippen LogP contribution in [0.25, 0.3) is 0 Å². The Labute approximate surface area is 107 Å². The van der Waals surface area contributed by atoms with Gasteiger partial charge in [0.2, 0.25) is 15.9 Å². The lowest BCUT2D eigenvalue weighted by Gasteiger charge is -2.21. The Kier molecular flexibility index (Phi) is 6.00. The van der Waals surface area contributed by atoms with Gasteiger partial charge in [0, 0.05) is 13.1 Å². The van der Waals surface area contributed by atoms with E-state index in [0.717, 1.165) is 0 Å². The fourth-order valence-corrected chi connectivity index (χ4v) is 1.97. The fourth-order valence-electron chi connectivity index (χ4n) is 0.924. The first-order valence-corrected chi connectivity index (χ1v) is 7.25. The van der Waals surface area contributed by atoms with Crippen LogP contribution in [0.5, 0.6) is 0 Å². The van der Waals surface area contributed by atoms with Crippen molar-refractivity contribution in [3.8, 4) is 0 Å². The van der Waals surface area contributed by atoms with Gasteiger partial charge in [-0.15, -0.1) is 0 Å². The molecule has 0 bridgehead atoms. The van der Waals surface area contributed by atoms with Gasteiger partial charge in [-0.1, -0.05) is 19.1 Å². The van der Waals surface area contributed by atoms with Crippen LogP contribution in [0.2, 0.25) is 0 Å². The molecule has 0 radical (unpaired) electrons. The third-order valence-electron chi connectivity index (χ3n) is 2.20. The molecule has 1 amide bonds. The molecule has 0 fully saturated rings. The standard InChI is InChI=1S/C9H19N3O3S2/c1-4-12-17(14,15)6-5-11-8(13)9(2,3)7(10)16/h12H,4-6H2,1-3H3,(H2,10,16)(H,11,13). The quantitative estimate of drug-likeness (QED) is 0.539. The fraction of sp³-hybridized carbons (Fsp3) is 0.778. The van der Waals surface area contributed by atoms with E-state index in [1.54, 1.807) is 20.8 Å². The molecule has 0 aromatic heterocycles. The lowest BCUT2D eigenvalue weighted by Crippen LogP contribution is -2.46. The van der Waals surface area contributed by atoms with Gasteiger partial charge < -0.3 is 11.1 Å². The molecule has 0 unspecified atom stereocenters. The molecule has 4 N–H and O–H groups in total. The molecule has 0 spiro atoms. The highest BCUT2D eigenvalue weighted by Crippen LogP contribution is 2.14. The molecular formula is C9H19N3O3S2. The van der Waals surface area contributed by atoms with Gasteiger partial charge in [0.1, 0.15) is 0 Å². The van der Waals surface area contributed by atoms with Crippen LogP contribution in [0.15, 0.2) is 0 Å². The summed E-state index contributed by atoms with van der Waals surface area (Å²) in [5.41, 5.74) is 4.44. The molecule has 0 rings (SSSR count). The Morgan fingerprint density at radius 2 is 1.94 bits per heavy atom. The number of rotatable bonds is 7. The summed E-state index contributed by atoms with van der Waals surface area (Å²) in [7, 11) is -3.32. The van der Waals surface area contributed by atoms with Crippen molar-refractivity contribution < 1.29 is 13.2 Å². The normalized spacial score (nSPS) is 12.2.